The van der Waals surface area contributed by atoms with Crippen LogP contribution in [0, 0.1) is 0 Å². The molecule has 0 saturated carbocycles. The van der Waals surface area contributed by atoms with Crippen molar-refractivity contribution in [2.24, 2.45) is 0 Å². The minimum absolute atomic E-state index is 1.14. The molecule has 0 heteroatoms. The third-order valence-corrected chi connectivity index (χ3v) is 3.29. The van der Waals surface area contributed by atoms with Gasteiger partial charge < -0.3 is 0 Å². The summed E-state index contributed by atoms with van der Waals surface area (Å²) >= 11 is 0. The van der Waals surface area contributed by atoms with Crippen LogP contribution in [0.1, 0.15) is 30.9 Å². The van der Waals surface area contributed by atoms with Gasteiger partial charge >= 0.3 is 0 Å². The number of unbranched alkanes of at least 4 members (excludes halogenated alkanes) is 1. The lowest BCUT2D eigenvalue weighted by molar-refractivity contribution is 0.795. The fourth-order valence-corrected chi connectivity index (χ4v) is 2.13. The van der Waals surface area contributed by atoms with E-state index in [1.807, 2.05) is 6.08 Å². The Labute approximate surface area is 116 Å². The molecular formula is C19H20. The van der Waals surface area contributed by atoms with Crippen LogP contribution < -0.4 is 0 Å². The maximum atomic E-state index is 3.59. The molecule has 0 heterocycles. The van der Waals surface area contributed by atoms with E-state index in [1.54, 1.807) is 0 Å². The Bertz CT molecular complexity index is 552. The largest absolute Gasteiger partial charge is 0.128 e. The van der Waals surface area contributed by atoms with Crippen molar-refractivity contribution in [2.45, 2.75) is 26.2 Å². The van der Waals surface area contributed by atoms with Crippen LogP contribution in [0.3, 0.4) is 0 Å². The van der Waals surface area contributed by atoms with E-state index in [1.165, 1.54) is 36.0 Å². The van der Waals surface area contributed by atoms with Crippen LogP contribution in [0.25, 0.3) is 17.2 Å². The van der Waals surface area contributed by atoms with Crippen molar-refractivity contribution in [1.82, 2.24) is 0 Å². The lowest BCUT2D eigenvalue weighted by Gasteiger charge is -2.04. The van der Waals surface area contributed by atoms with Crippen molar-refractivity contribution in [1.29, 1.82) is 0 Å². The van der Waals surface area contributed by atoms with Gasteiger partial charge in [-0.1, -0.05) is 68.5 Å². The van der Waals surface area contributed by atoms with Crippen LogP contribution in [-0.4, -0.2) is 0 Å². The lowest BCUT2D eigenvalue weighted by atomic mass is 10.0. The predicted octanol–water partition coefficient (Wildman–Crippen LogP) is 5.49. The van der Waals surface area contributed by atoms with Crippen molar-refractivity contribution in [3.05, 3.63) is 72.0 Å². The summed E-state index contributed by atoms with van der Waals surface area (Å²) in [4.78, 5) is 0. The minimum Gasteiger partial charge on any atom is -0.128 e. The first kappa shape index (κ1) is 13.4. The SMILES string of the molecule is C=C=Cc1ccc(-c2ccc(CCCC)cc2)cc1. The molecular weight excluding hydrogens is 228 g/mol. The first-order valence-electron chi connectivity index (χ1n) is 6.88. The zero-order valence-corrected chi connectivity index (χ0v) is 11.5. The first-order valence-corrected chi connectivity index (χ1v) is 6.88. The van der Waals surface area contributed by atoms with E-state index < -0.39 is 0 Å². The van der Waals surface area contributed by atoms with Crippen molar-refractivity contribution < 1.29 is 0 Å². The molecule has 0 aromatic heterocycles. The Morgan fingerprint density at radius 3 is 2.05 bits per heavy atom. The summed E-state index contributed by atoms with van der Waals surface area (Å²) in [6.07, 6.45) is 5.58. The Morgan fingerprint density at radius 1 is 0.947 bits per heavy atom. The molecule has 0 radical (unpaired) electrons. The zero-order chi connectivity index (χ0) is 13.5. The number of rotatable bonds is 5. The monoisotopic (exact) mass is 248 g/mol. The average molecular weight is 248 g/mol. The van der Waals surface area contributed by atoms with Gasteiger partial charge in [0.1, 0.15) is 0 Å². The molecule has 2 rings (SSSR count). The van der Waals surface area contributed by atoms with Gasteiger partial charge in [-0.15, -0.1) is 5.73 Å². The molecule has 96 valence electrons. The van der Waals surface area contributed by atoms with E-state index in [4.69, 9.17) is 0 Å². The van der Waals surface area contributed by atoms with Crippen molar-refractivity contribution in [3.63, 3.8) is 0 Å². The van der Waals surface area contributed by atoms with Crippen molar-refractivity contribution in [3.8, 4) is 11.1 Å². The van der Waals surface area contributed by atoms with Crippen LogP contribution in [-0.2, 0) is 6.42 Å². The van der Waals surface area contributed by atoms with Crippen LogP contribution in [0.4, 0.5) is 0 Å². The molecule has 0 fully saturated rings. The molecule has 2 aromatic carbocycles. The third kappa shape index (κ3) is 3.71. The third-order valence-electron chi connectivity index (χ3n) is 3.29. The quantitative estimate of drug-likeness (QED) is 0.613. The molecule has 0 unspecified atom stereocenters. The van der Waals surface area contributed by atoms with E-state index in [9.17, 15) is 0 Å². The van der Waals surface area contributed by atoms with Crippen LogP contribution in [0.2, 0.25) is 0 Å². The number of hydrogen-bond donors (Lipinski definition) is 0. The molecule has 0 nitrogen and oxygen atoms in total. The van der Waals surface area contributed by atoms with Crippen molar-refractivity contribution in [2.75, 3.05) is 0 Å². The number of benzene rings is 2. The van der Waals surface area contributed by atoms with E-state index in [0.29, 0.717) is 0 Å². The second-order valence-electron chi connectivity index (χ2n) is 4.77. The van der Waals surface area contributed by atoms with Gasteiger partial charge in [-0.05, 0) is 41.2 Å². The van der Waals surface area contributed by atoms with Crippen LogP contribution in [0.15, 0.2) is 60.8 Å². The summed E-state index contributed by atoms with van der Waals surface area (Å²) in [5.41, 5.74) is 7.89. The minimum atomic E-state index is 1.14. The Morgan fingerprint density at radius 2 is 1.53 bits per heavy atom. The summed E-state index contributed by atoms with van der Waals surface area (Å²) in [7, 11) is 0. The van der Waals surface area contributed by atoms with Gasteiger partial charge in [0.15, 0.2) is 0 Å². The molecule has 0 spiro atoms. The number of hydrogen-bond acceptors (Lipinski definition) is 0. The highest BCUT2D eigenvalue weighted by Crippen LogP contribution is 2.21. The standard InChI is InChI=1S/C19H20/c1-3-5-7-17-10-14-19(15-11-17)18-12-8-16(6-4-2)9-13-18/h6,8-15H,2-3,5,7H2,1H3. The Hall–Kier alpha value is -2.04. The van der Waals surface area contributed by atoms with Gasteiger partial charge in [0.2, 0.25) is 0 Å². The van der Waals surface area contributed by atoms with Gasteiger partial charge in [0, 0.05) is 0 Å². The van der Waals surface area contributed by atoms with Gasteiger partial charge in [-0.2, -0.15) is 0 Å². The average Bonchev–Trinajstić information content (AvgIpc) is 2.47. The van der Waals surface area contributed by atoms with Crippen LogP contribution in [0.5, 0.6) is 0 Å². The molecule has 0 aliphatic carbocycles. The van der Waals surface area contributed by atoms with E-state index in [-0.39, 0.29) is 0 Å². The fraction of sp³-hybridized carbons (Fsp3) is 0.211. The predicted molar refractivity (Wildman–Crippen MR) is 84.1 cm³/mol. The summed E-state index contributed by atoms with van der Waals surface area (Å²) in [5, 5.41) is 0. The maximum absolute atomic E-state index is 3.59. The lowest BCUT2D eigenvalue weighted by Crippen LogP contribution is -1.85. The van der Waals surface area contributed by atoms with Gasteiger partial charge in [-0.25, -0.2) is 0 Å². The van der Waals surface area contributed by atoms with E-state index >= 15 is 0 Å². The number of aryl methyl sites for hydroxylation is 1. The highest BCUT2D eigenvalue weighted by Gasteiger charge is 1.98. The smallest absolute Gasteiger partial charge is 0.0133 e. The Kier molecular flexibility index (Phi) is 4.78. The maximum Gasteiger partial charge on any atom is -0.0133 e. The normalized spacial score (nSPS) is 9.95. The topological polar surface area (TPSA) is 0 Å². The Balaban J connectivity index is 2.15. The molecule has 0 N–H and O–H groups in total. The molecule has 0 aliphatic heterocycles. The highest BCUT2D eigenvalue weighted by molar-refractivity contribution is 5.65. The zero-order valence-electron chi connectivity index (χ0n) is 11.5. The highest BCUT2D eigenvalue weighted by atomic mass is 14.0. The summed E-state index contributed by atoms with van der Waals surface area (Å²) in [6, 6.07) is 17.4. The molecule has 2 aromatic rings. The van der Waals surface area contributed by atoms with Crippen molar-refractivity contribution >= 4 is 6.08 Å². The van der Waals surface area contributed by atoms with E-state index in [2.05, 4.69) is 67.8 Å². The van der Waals surface area contributed by atoms with Crippen LogP contribution >= 0.6 is 0 Å². The summed E-state index contributed by atoms with van der Waals surface area (Å²) in [6.45, 7) is 5.82. The van der Waals surface area contributed by atoms with Gasteiger partial charge in [-0.3, -0.25) is 0 Å². The molecule has 19 heavy (non-hydrogen) atoms. The molecule has 0 amide bonds. The molecule has 0 atom stereocenters. The molecule has 0 bridgehead atoms. The molecule has 0 saturated heterocycles. The van der Waals surface area contributed by atoms with Gasteiger partial charge in [0.05, 0.1) is 0 Å². The second kappa shape index (κ2) is 6.78. The molecule has 0 aliphatic rings. The fourth-order valence-electron chi connectivity index (χ4n) is 2.13. The summed E-state index contributed by atoms with van der Waals surface area (Å²) in [5.74, 6) is 0. The second-order valence-corrected chi connectivity index (χ2v) is 4.77. The first-order chi connectivity index (χ1) is 9.33. The van der Waals surface area contributed by atoms with E-state index in [0.717, 1.165) is 5.56 Å². The summed E-state index contributed by atoms with van der Waals surface area (Å²) < 4.78 is 0. The van der Waals surface area contributed by atoms with Gasteiger partial charge in [0.25, 0.3) is 0 Å².